The van der Waals surface area contributed by atoms with Crippen LogP contribution in [0.4, 0.5) is 5.69 Å². The van der Waals surface area contributed by atoms with E-state index in [4.69, 9.17) is 5.73 Å². The van der Waals surface area contributed by atoms with Gasteiger partial charge in [-0.05, 0) is 46.3 Å². The summed E-state index contributed by atoms with van der Waals surface area (Å²) in [5.74, 6) is 0. The lowest BCUT2D eigenvalue weighted by molar-refractivity contribution is 1.50. The zero-order chi connectivity index (χ0) is 11.1. The number of rotatable bonds is 1. The lowest BCUT2D eigenvalue weighted by atomic mass is 10.3. The first-order chi connectivity index (χ1) is 7.72. The van der Waals surface area contributed by atoms with Crippen LogP contribution in [0, 0.1) is 0 Å². The van der Waals surface area contributed by atoms with Crippen molar-refractivity contribution in [2.24, 2.45) is 0 Å². The Bertz CT molecular complexity index is 657. The largest absolute Gasteiger partial charge is 0.399 e. The molecule has 3 aromatic rings. The van der Waals surface area contributed by atoms with Crippen molar-refractivity contribution in [3.63, 3.8) is 0 Å². The minimum atomic E-state index is 0.787. The van der Waals surface area contributed by atoms with Gasteiger partial charge in [-0.15, -0.1) is 22.7 Å². The number of aromatic nitrogens is 1. The van der Waals surface area contributed by atoms with Gasteiger partial charge in [0.25, 0.3) is 0 Å². The molecule has 0 saturated heterocycles. The highest BCUT2D eigenvalue weighted by Crippen LogP contribution is 2.36. The monoisotopic (exact) mass is 310 g/mol. The van der Waals surface area contributed by atoms with E-state index >= 15 is 0 Å². The van der Waals surface area contributed by atoms with E-state index in [2.05, 4.69) is 27.0 Å². The first kappa shape index (κ1) is 10.3. The molecule has 0 aliphatic rings. The number of thiophene rings is 1. The van der Waals surface area contributed by atoms with E-state index in [1.807, 2.05) is 24.3 Å². The average molecular weight is 311 g/mol. The highest BCUT2D eigenvalue weighted by atomic mass is 79.9. The molecule has 16 heavy (non-hydrogen) atoms. The first-order valence-electron chi connectivity index (χ1n) is 4.64. The zero-order valence-electron chi connectivity index (χ0n) is 8.11. The molecule has 0 aliphatic carbocycles. The van der Waals surface area contributed by atoms with Crippen molar-refractivity contribution in [2.75, 3.05) is 5.73 Å². The van der Waals surface area contributed by atoms with Crippen LogP contribution in [0.5, 0.6) is 0 Å². The minimum Gasteiger partial charge on any atom is -0.399 e. The number of fused-ring (bicyclic) bond motifs is 1. The molecular weight excluding hydrogens is 304 g/mol. The molecule has 0 unspecified atom stereocenters. The van der Waals surface area contributed by atoms with E-state index in [0.717, 1.165) is 24.7 Å². The normalized spacial score (nSPS) is 11.1. The Kier molecular flexibility index (Phi) is 2.46. The Morgan fingerprint density at radius 1 is 1.12 bits per heavy atom. The number of thiazole rings is 1. The van der Waals surface area contributed by atoms with Gasteiger partial charge in [-0.25, -0.2) is 4.98 Å². The van der Waals surface area contributed by atoms with Crippen LogP contribution in [0.25, 0.3) is 20.1 Å². The molecule has 0 amide bonds. The van der Waals surface area contributed by atoms with Crippen LogP contribution in [0.15, 0.2) is 34.1 Å². The molecule has 0 bridgehead atoms. The van der Waals surface area contributed by atoms with Crippen molar-refractivity contribution < 1.29 is 0 Å². The summed E-state index contributed by atoms with van der Waals surface area (Å²) in [7, 11) is 0. The van der Waals surface area contributed by atoms with Gasteiger partial charge < -0.3 is 5.73 Å². The van der Waals surface area contributed by atoms with Crippen molar-refractivity contribution in [1.82, 2.24) is 4.98 Å². The number of anilines is 1. The van der Waals surface area contributed by atoms with Gasteiger partial charge in [0, 0.05) is 5.69 Å². The van der Waals surface area contributed by atoms with Crippen LogP contribution in [0.1, 0.15) is 0 Å². The van der Waals surface area contributed by atoms with E-state index in [-0.39, 0.29) is 0 Å². The molecule has 2 heterocycles. The van der Waals surface area contributed by atoms with Crippen molar-refractivity contribution in [3.8, 4) is 9.88 Å². The lowest BCUT2D eigenvalue weighted by Gasteiger charge is -1.89. The van der Waals surface area contributed by atoms with Crippen LogP contribution in [0.3, 0.4) is 0 Å². The Hall–Kier alpha value is -0.910. The molecule has 1 aromatic carbocycles. The Labute approximate surface area is 109 Å². The molecule has 0 radical (unpaired) electrons. The van der Waals surface area contributed by atoms with Crippen LogP contribution in [-0.2, 0) is 0 Å². The summed E-state index contributed by atoms with van der Waals surface area (Å²) in [6.07, 6.45) is 0. The maximum atomic E-state index is 5.75. The summed E-state index contributed by atoms with van der Waals surface area (Å²) in [5, 5.41) is 1.05. The fourth-order valence-electron chi connectivity index (χ4n) is 1.48. The predicted molar refractivity (Wildman–Crippen MR) is 75.0 cm³/mol. The summed E-state index contributed by atoms with van der Waals surface area (Å²) in [6, 6.07) is 9.94. The van der Waals surface area contributed by atoms with Gasteiger partial charge in [-0.3, -0.25) is 0 Å². The zero-order valence-corrected chi connectivity index (χ0v) is 11.3. The fraction of sp³-hybridized carbons (Fsp3) is 0. The van der Waals surface area contributed by atoms with Crippen LogP contribution < -0.4 is 5.73 Å². The van der Waals surface area contributed by atoms with Crippen molar-refractivity contribution >= 4 is 54.5 Å². The van der Waals surface area contributed by atoms with E-state index < -0.39 is 0 Å². The van der Waals surface area contributed by atoms with E-state index in [1.54, 1.807) is 22.7 Å². The van der Waals surface area contributed by atoms with E-state index in [0.29, 0.717) is 0 Å². The number of hydrogen-bond acceptors (Lipinski definition) is 4. The topological polar surface area (TPSA) is 38.9 Å². The van der Waals surface area contributed by atoms with Gasteiger partial charge in [0.05, 0.1) is 18.9 Å². The third-order valence-corrected chi connectivity index (χ3v) is 5.01. The fourth-order valence-corrected chi connectivity index (χ4v) is 3.93. The van der Waals surface area contributed by atoms with E-state index in [1.165, 1.54) is 4.88 Å². The van der Waals surface area contributed by atoms with Gasteiger partial charge in [0.15, 0.2) is 0 Å². The first-order valence-corrected chi connectivity index (χ1v) is 7.07. The smallest absolute Gasteiger partial charge is 0.134 e. The second-order valence-electron chi connectivity index (χ2n) is 3.35. The van der Waals surface area contributed by atoms with Crippen molar-refractivity contribution in [2.45, 2.75) is 0 Å². The number of nitrogens with two attached hydrogens (primary N) is 1. The molecule has 0 spiro atoms. The number of hydrogen-bond donors (Lipinski definition) is 1. The Balaban J connectivity index is 2.18. The van der Waals surface area contributed by atoms with Crippen molar-refractivity contribution in [1.29, 1.82) is 0 Å². The van der Waals surface area contributed by atoms with Gasteiger partial charge >= 0.3 is 0 Å². The Morgan fingerprint density at radius 2 is 2.00 bits per heavy atom. The maximum absolute atomic E-state index is 5.75. The van der Waals surface area contributed by atoms with Crippen molar-refractivity contribution in [3.05, 3.63) is 34.1 Å². The third kappa shape index (κ3) is 1.75. The molecule has 0 aliphatic heterocycles. The minimum absolute atomic E-state index is 0.787. The number of nitrogens with zero attached hydrogens (tertiary/aromatic N) is 1. The van der Waals surface area contributed by atoms with Gasteiger partial charge in [-0.2, -0.15) is 0 Å². The Morgan fingerprint density at radius 3 is 2.75 bits per heavy atom. The second kappa shape index (κ2) is 3.84. The lowest BCUT2D eigenvalue weighted by Crippen LogP contribution is -1.81. The van der Waals surface area contributed by atoms with Crippen LogP contribution in [0.2, 0.25) is 0 Å². The van der Waals surface area contributed by atoms with Gasteiger partial charge in [0.2, 0.25) is 0 Å². The molecule has 5 heteroatoms. The standard InChI is InChI=1S/C11H7BrN2S2/c12-10-4-3-8(15-10)11-14-7-2-1-6(13)5-9(7)16-11/h1-5H,13H2. The summed E-state index contributed by atoms with van der Waals surface area (Å²) in [5.41, 5.74) is 7.55. The molecule has 2 N–H and O–H groups in total. The average Bonchev–Trinajstić information content (AvgIpc) is 2.83. The highest BCUT2D eigenvalue weighted by Gasteiger charge is 2.08. The van der Waals surface area contributed by atoms with Gasteiger partial charge in [-0.1, -0.05) is 0 Å². The molecule has 3 rings (SSSR count). The SMILES string of the molecule is Nc1ccc2nc(-c3ccc(Br)s3)sc2c1. The highest BCUT2D eigenvalue weighted by molar-refractivity contribution is 9.11. The van der Waals surface area contributed by atoms with Crippen LogP contribution in [-0.4, -0.2) is 4.98 Å². The molecule has 2 nitrogen and oxygen atoms in total. The summed E-state index contributed by atoms with van der Waals surface area (Å²) in [6.45, 7) is 0. The molecule has 0 atom stereocenters. The second-order valence-corrected chi connectivity index (χ2v) is 6.84. The molecule has 80 valence electrons. The molecule has 0 saturated carbocycles. The third-order valence-electron chi connectivity index (χ3n) is 2.20. The van der Waals surface area contributed by atoms with Crippen LogP contribution >= 0.6 is 38.6 Å². The van der Waals surface area contributed by atoms with E-state index in [9.17, 15) is 0 Å². The van der Waals surface area contributed by atoms with Gasteiger partial charge in [0.1, 0.15) is 5.01 Å². The molecule has 0 fully saturated rings. The number of halogens is 1. The maximum Gasteiger partial charge on any atom is 0.134 e. The summed E-state index contributed by atoms with van der Waals surface area (Å²) in [4.78, 5) is 5.78. The summed E-state index contributed by atoms with van der Waals surface area (Å²) < 4.78 is 2.26. The quantitative estimate of drug-likeness (QED) is 0.678. The predicted octanol–water partition coefficient (Wildman–Crippen LogP) is 4.37. The number of nitrogen functional groups attached to an aromatic ring is 1. The molecule has 2 aromatic heterocycles. The number of benzene rings is 1. The summed E-state index contributed by atoms with van der Waals surface area (Å²) >= 11 is 6.83. The molecular formula is C11H7BrN2S2.